The van der Waals surface area contributed by atoms with Crippen molar-refractivity contribution in [1.29, 1.82) is 0 Å². The summed E-state index contributed by atoms with van der Waals surface area (Å²) in [5.74, 6) is 0. The minimum atomic E-state index is -0.223. The molecule has 0 spiro atoms. The summed E-state index contributed by atoms with van der Waals surface area (Å²) in [6.45, 7) is 7.26. The topological polar surface area (TPSA) is 59.8 Å². The molecule has 5 nitrogen and oxygen atoms in total. The summed E-state index contributed by atoms with van der Waals surface area (Å²) in [6.07, 6.45) is 2.87. The van der Waals surface area contributed by atoms with Gasteiger partial charge in [-0.3, -0.25) is 4.57 Å². The molecule has 0 amide bonds. The molecule has 7 heteroatoms. The fourth-order valence-electron chi connectivity index (χ4n) is 1.81. The van der Waals surface area contributed by atoms with E-state index in [0.717, 1.165) is 38.8 Å². The molecule has 108 valence electrons. The summed E-state index contributed by atoms with van der Waals surface area (Å²) in [6, 6.07) is 0. The lowest BCUT2D eigenvalue weighted by Gasteiger charge is -2.10. The second kappa shape index (κ2) is 6.49. The first kappa shape index (κ1) is 15.2. The molecule has 0 bridgehead atoms. The molecule has 20 heavy (non-hydrogen) atoms. The molecule has 0 atom stereocenters. The highest BCUT2D eigenvalue weighted by Crippen LogP contribution is 2.21. The average Bonchev–Trinajstić information content (AvgIpc) is 2.86. The van der Waals surface area contributed by atoms with Gasteiger partial charge in [0, 0.05) is 23.3 Å². The van der Waals surface area contributed by atoms with Crippen LogP contribution in [0.3, 0.4) is 0 Å². The number of hydrogen-bond acceptors (Lipinski definition) is 5. The Balaban J connectivity index is 2.24. The van der Waals surface area contributed by atoms with Gasteiger partial charge in [0.2, 0.25) is 0 Å². The molecule has 2 rings (SSSR count). The molecule has 1 N–H and O–H groups in total. The van der Waals surface area contributed by atoms with Crippen molar-refractivity contribution in [3.05, 3.63) is 37.4 Å². The third-order valence-electron chi connectivity index (χ3n) is 2.93. The van der Waals surface area contributed by atoms with Crippen LogP contribution in [0.1, 0.15) is 29.6 Å². The SMILES string of the molecule is CCCNc1ncc(Cn2c(C)c(Br)c(C)nc2=O)s1. The van der Waals surface area contributed by atoms with Gasteiger partial charge in [-0.1, -0.05) is 6.92 Å². The highest BCUT2D eigenvalue weighted by atomic mass is 79.9. The van der Waals surface area contributed by atoms with Gasteiger partial charge in [0.1, 0.15) is 0 Å². The van der Waals surface area contributed by atoms with Gasteiger partial charge in [0.05, 0.1) is 16.7 Å². The number of aryl methyl sites for hydroxylation is 1. The van der Waals surface area contributed by atoms with Crippen LogP contribution in [0.2, 0.25) is 0 Å². The lowest BCUT2D eigenvalue weighted by molar-refractivity contribution is 0.694. The van der Waals surface area contributed by atoms with E-state index in [9.17, 15) is 4.79 Å². The number of thiazole rings is 1. The van der Waals surface area contributed by atoms with E-state index in [1.165, 1.54) is 0 Å². The third-order valence-corrected chi connectivity index (χ3v) is 5.02. The minimum Gasteiger partial charge on any atom is -0.362 e. The Kier molecular flexibility index (Phi) is 4.93. The van der Waals surface area contributed by atoms with Gasteiger partial charge in [-0.2, -0.15) is 4.98 Å². The van der Waals surface area contributed by atoms with Crippen molar-refractivity contribution < 1.29 is 0 Å². The average molecular weight is 357 g/mol. The number of halogens is 1. The van der Waals surface area contributed by atoms with Crippen molar-refractivity contribution >= 4 is 32.4 Å². The van der Waals surface area contributed by atoms with E-state index in [0.29, 0.717) is 6.54 Å². The Morgan fingerprint density at radius 3 is 2.90 bits per heavy atom. The number of nitrogens with zero attached hydrogens (tertiary/aromatic N) is 3. The van der Waals surface area contributed by atoms with Crippen LogP contribution in [0, 0.1) is 13.8 Å². The Morgan fingerprint density at radius 1 is 1.45 bits per heavy atom. The first-order valence-electron chi connectivity index (χ1n) is 6.45. The van der Waals surface area contributed by atoms with Crippen LogP contribution in [0.5, 0.6) is 0 Å². The zero-order chi connectivity index (χ0) is 14.7. The second-order valence-corrected chi connectivity index (χ2v) is 6.43. The molecular formula is C13H17BrN4OS. The van der Waals surface area contributed by atoms with Crippen LogP contribution in [0.4, 0.5) is 5.13 Å². The van der Waals surface area contributed by atoms with E-state index >= 15 is 0 Å². The molecule has 2 aromatic heterocycles. The first-order valence-corrected chi connectivity index (χ1v) is 8.06. The van der Waals surface area contributed by atoms with Gasteiger partial charge in [0.25, 0.3) is 0 Å². The first-order chi connectivity index (χ1) is 9.52. The fraction of sp³-hybridized carbons (Fsp3) is 0.462. The van der Waals surface area contributed by atoms with Gasteiger partial charge in [-0.15, -0.1) is 11.3 Å². The highest BCUT2D eigenvalue weighted by Gasteiger charge is 2.11. The van der Waals surface area contributed by atoms with Gasteiger partial charge in [-0.25, -0.2) is 9.78 Å². The summed E-state index contributed by atoms with van der Waals surface area (Å²) in [4.78, 5) is 21.4. The van der Waals surface area contributed by atoms with E-state index in [4.69, 9.17) is 0 Å². The third kappa shape index (κ3) is 3.27. The van der Waals surface area contributed by atoms with Crippen LogP contribution >= 0.6 is 27.3 Å². The Hall–Kier alpha value is -1.21. The van der Waals surface area contributed by atoms with Crippen molar-refractivity contribution in [2.75, 3.05) is 11.9 Å². The molecular weight excluding hydrogens is 340 g/mol. The monoisotopic (exact) mass is 356 g/mol. The summed E-state index contributed by atoms with van der Waals surface area (Å²) < 4.78 is 2.54. The van der Waals surface area contributed by atoms with Crippen LogP contribution < -0.4 is 11.0 Å². The quantitative estimate of drug-likeness (QED) is 0.894. The summed E-state index contributed by atoms with van der Waals surface area (Å²) in [7, 11) is 0. The Morgan fingerprint density at radius 2 is 2.20 bits per heavy atom. The van der Waals surface area contributed by atoms with Crippen molar-refractivity contribution in [2.45, 2.75) is 33.7 Å². The number of rotatable bonds is 5. The van der Waals surface area contributed by atoms with Gasteiger partial charge in [-0.05, 0) is 36.2 Å². The fourth-order valence-corrected chi connectivity index (χ4v) is 2.94. The molecule has 0 saturated carbocycles. The second-order valence-electron chi connectivity index (χ2n) is 4.52. The molecule has 0 aliphatic rings. The smallest absolute Gasteiger partial charge is 0.348 e. The van der Waals surface area contributed by atoms with Crippen molar-refractivity contribution in [3.63, 3.8) is 0 Å². The van der Waals surface area contributed by atoms with Crippen molar-refractivity contribution in [3.8, 4) is 0 Å². The normalized spacial score (nSPS) is 10.8. The molecule has 2 aromatic rings. The van der Waals surface area contributed by atoms with E-state index in [-0.39, 0.29) is 5.69 Å². The zero-order valence-corrected chi connectivity index (χ0v) is 14.1. The van der Waals surface area contributed by atoms with Crippen LogP contribution in [0.15, 0.2) is 15.5 Å². The van der Waals surface area contributed by atoms with Crippen LogP contribution in [-0.2, 0) is 6.54 Å². The lowest BCUT2D eigenvalue weighted by Crippen LogP contribution is -2.26. The lowest BCUT2D eigenvalue weighted by atomic mass is 10.3. The van der Waals surface area contributed by atoms with E-state index in [1.54, 1.807) is 15.9 Å². The number of aromatic nitrogens is 3. The predicted octanol–water partition coefficient (Wildman–Crippen LogP) is 2.95. The molecule has 0 fully saturated rings. The maximum atomic E-state index is 12.0. The van der Waals surface area contributed by atoms with E-state index in [1.807, 2.05) is 20.0 Å². The minimum absolute atomic E-state index is 0.223. The van der Waals surface area contributed by atoms with E-state index in [2.05, 4.69) is 38.1 Å². The number of hydrogen-bond donors (Lipinski definition) is 1. The highest BCUT2D eigenvalue weighted by molar-refractivity contribution is 9.10. The van der Waals surface area contributed by atoms with Gasteiger partial charge in [0.15, 0.2) is 5.13 Å². The van der Waals surface area contributed by atoms with Gasteiger partial charge < -0.3 is 5.32 Å². The van der Waals surface area contributed by atoms with Crippen molar-refractivity contribution in [1.82, 2.24) is 14.5 Å². The Labute approximate surface area is 130 Å². The van der Waals surface area contributed by atoms with Crippen LogP contribution in [-0.4, -0.2) is 21.1 Å². The standard InChI is InChI=1S/C13H17BrN4OS/c1-4-5-15-12-16-6-10(20-12)7-18-9(3)11(14)8(2)17-13(18)19/h6H,4-5,7H2,1-3H3,(H,15,16). The predicted molar refractivity (Wildman–Crippen MR) is 85.7 cm³/mol. The summed E-state index contributed by atoms with van der Waals surface area (Å²) in [5, 5.41) is 4.14. The summed E-state index contributed by atoms with van der Waals surface area (Å²) in [5.41, 5.74) is 1.39. The molecule has 0 radical (unpaired) electrons. The molecule has 0 aliphatic heterocycles. The zero-order valence-electron chi connectivity index (χ0n) is 11.7. The van der Waals surface area contributed by atoms with E-state index < -0.39 is 0 Å². The largest absolute Gasteiger partial charge is 0.362 e. The molecule has 0 unspecified atom stereocenters. The van der Waals surface area contributed by atoms with Crippen molar-refractivity contribution in [2.24, 2.45) is 0 Å². The number of anilines is 1. The summed E-state index contributed by atoms with van der Waals surface area (Å²) >= 11 is 5.04. The molecule has 0 saturated heterocycles. The maximum Gasteiger partial charge on any atom is 0.348 e. The number of nitrogens with one attached hydrogen (secondary N) is 1. The molecule has 2 heterocycles. The molecule has 0 aliphatic carbocycles. The van der Waals surface area contributed by atoms with Gasteiger partial charge >= 0.3 is 5.69 Å². The maximum absolute atomic E-state index is 12.0. The Bertz CT molecular complexity index is 665. The molecule has 0 aromatic carbocycles. The van der Waals surface area contributed by atoms with Crippen LogP contribution in [0.25, 0.3) is 0 Å².